The van der Waals surface area contributed by atoms with Crippen molar-refractivity contribution in [3.63, 3.8) is 0 Å². The van der Waals surface area contributed by atoms with Gasteiger partial charge in [-0.05, 0) is 19.3 Å². The van der Waals surface area contributed by atoms with Gasteiger partial charge >= 0.3 is 7.60 Å². The van der Waals surface area contributed by atoms with Crippen molar-refractivity contribution in [3.8, 4) is 0 Å². The summed E-state index contributed by atoms with van der Waals surface area (Å²) in [5.74, 6) is 0. The molecule has 0 heterocycles. The maximum absolute atomic E-state index is 10.6. The highest BCUT2D eigenvalue weighted by atomic mass is 31.2. The number of ether oxygens (including phenoxy) is 1. The largest absolute Gasteiger partial charge is 0.381 e. The predicted octanol–water partition coefficient (Wildman–Crippen LogP) is 4.88. The molecule has 0 unspecified atom stereocenters. The van der Waals surface area contributed by atoms with Crippen molar-refractivity contribution in [2.45, 2.75) is 84.0 Å². The van der Waals surface area contributed by atoms with Gasteiger partial charge in [0.05, 0.1) is 0 Å². The lowest BCUT2D eigenvalue weighted by Gasteiger charge is -2.05. The third-order valence-corrected chi connectivity index (χ3v) is 4.53. The predicted molar refractivity (Wildman–Crippen MR) is 88.8 cm³/mol. The summed E-state index contributed by atoms with van der Waals surface area (Å²) >= 11 is 0. The molecule has 0 aromatic rings. The van der Waals surface area contributed by atoms with E-state index in [1.807, 2.05) is 0 Å². The molecule has 0 amide bonds. The van der Waals surface area contributed by atoms with E-state index in [1.54, 1.807) is 0 Å². The molecular weight excluding hydrogens is 287 g/mol. The van der Waals surface area contributed by atoms with Gasteiger partial charge in [0.2, 0.25) is 0 Å². The van der Waals surface area contributed by atoms with Crippen LogP contribution in [0.3, 0.4) is 0 Å². The Morgan fingerprint density at radius 3 is 1.62 bits per heavy atom. The fourth-order valence-corrected chi connectivity index (χ4v) is 2.95. The minimum atomic E-state index is -3.77. The van der Waals surface area contributed by atoms with Crippen LogP contribution < -0.4 is 0 Å². The molecule has 128 valence electrons. The molecule has 5 heteroatoms. The Hall–Kier alpha value is 0.110. The first-order chi connectivity index (χ1) is 10.1. The van der Waals surface area contributed by atoms with E-state index in [0.29, 0.717) is 6.42 Å². The molecule has 21 heavy (non-hydrogen) atoms. The van der Waals surface area contributed by atoms with E-state index in [1.165, 1.54) is 38.5 Å². The highest BCUT2D eigenvalue weighted by Gasteiger charge is 2.10. The van der Waals surface area contributed by atoms with Crippen LogP contribution in [0.2, 0.25) is 0 Å². The molecule has 0 atom stereocenters. The van der Waals surface area contributed by atoms with Crippen LogP contribution in [0, 0.1) is 0 Å². The third kappa shape index (κ3) is 20.1. The molecule has 0 rings (SSSR count). The second-order valence-corrected chi connectivity index (χ2v) is 7.67. The molecule has 0 aromatic carbocycles. The summed E-state index contributed by atoms with van der Waals surface area (Å²) in [4.78, 5) is 17.4. The van der Waals surface area contributed by atoms with Gasteiger partial charge < -0.3 is 14.5 Å². The van der Waals surface area contributed by atoms with Crippen molar-refractivity contribution < 1.29 is 19.1 Å². The Bertz CT molecular complexity index is 253. The van der Waals surface area contributed by atoms with Crippen LogP contribution in [0.5, 0.6) is 0 Å². The molecule has 0 bridgehead atoms. The van der Waals surface area contributed by atoms with Gasteiger partial charge in [0.1, 0.15) is 0 Å². The third-order valence-electron chi connectivity index (χ3n) is 3.63. The zero-order chi connectivity index (χ0) is 15.8. The number of unbranched alkanes of at least 4 members (excludes halogenated alkanes) is 10. The Kier molecular flexibility index (Phi) is 15.1. The molecule has 0 spiro atoms. The monoisotopic (exact) mass is 322 g/mol. The highest BCUT2D eigenvalue weighted by Crippen LogP contribution is 2.35. The van der Waals surface area contributed by atoms with Gasteiger partial charge in [-0.25, -0.2) is 0 Å². The molecule has 0 aliphatic heterocycles. The van der Waals surface area contributed by atoms with Gasteiger partial charge in [-0.3, -0.25) is 4.57 Å². The van der Waals surface area contributed by atoms with Crippen molar-refractivity contribution in [3.05, 3.63) is 0 Å². The summed E-state index contributed by atoms with van der Waals surface area (Å²) in [5, 5.41) is 0. The van der Waals surface area contributed by atoms with Gasteiger partial charge in [0.15, 0.2) is 0 Å². The zero-order valence-electron chi connectivity index (χ0n) is 13.8. The number of rotatable bonds is 16. The first-order valence-corrected chi connectivity index (χ1v) is 10.5. The van der Waals surface area contributed by atoms with Gasteiger partial charge in [0, 0.05) is 19.4 Å². The maximum Gasteiger partial charge on any atom is 0.325 e. The van der Waals surface area contributed by atoms with Crippen LogP contribution in [0.25, 0.3) is 0 Å². The molecule has 0 aromatic heterocycles. The quantitative estimate of drug-likeness (QED) is 0.314. The first-order valence-electron chi connectivity index (χ1n) is 8.68. The Balaban J connectivity index is 3.01. The van der Waals surface area contributed by atoms with Crippen molar-refractivity contribution in [1.29, 1.82) is 0 Å². The average molecular weight is 322 g/mol. The molecular formula is C16H35O4P. The smallest absolute Gasteiger partial charge is 0.325 e. The molecule has 0 fully saturated rings. The fraction of sp³-hybridized carbons (Fsp3) is 1.00. The maximum atomic E-state index is 10.6. The SMILES string of the molecule is CCCCCCCCOCCCCCCCCP(=O)(O)O. The molecule has 0 saturated carbocycles. The molecule has 0 saturated heterocycles. The Morgan fingerprint density at radius 1 is 0.714 bits per heavy atom. The van der Waals surface area contributed by atoms with Crippen LogP contribution in [-0.4, -0.2) is 29.2 Å². The van der Waals surface area contributed by atoms with Crippen molar-refractivity contribution >= 4 is 7.60 Å². The minimum absolute atomic E-state index is 0.0361. The van der Waals surface area contributed by atoms with E-state index in [0.717, 1.165) is 45.3 Å². The summed E-state index contributed by atoms with van der Waals surface area (Å²) < 4.78 is 16.3. The first kappa shape index (κ1) is 21.1. The second-order valence-electron chi connectivity index (χ2n) is 5.89. The lowest BCUT2D eigenvalue weighted by molar-refractivity contribution is 0.125. The lowest BCUT2D eigenvalue weighted by atomic mass is 10.1. The second kappa shape index (κ2) is 15.0. The fourth-order valence-electron chi connectivity index (χ4n) is 2.32. The summed E-state index contributed by atoms with van der Waals surface area (Å²) in [6.45, 7) is 3.99. The standard InChI is InChI=1S/C16H35O4P/c1-2-3-4-5-8-11-14-20-15-12-9-6-7-10-13-16-21(17,18)19/h2-16H2,1H3,(H2,17,18,19). The molecule has 0 aliphatic carbocycles. The topological polar surface area (TPSA) is 66.8 Å². The average Bonchev–Trinajstić information content (AvgIpc) is 2.42. The molecule has 2 N–H and O–H groups in total. The van der Waals surface area contributed by atoms with Crippen molar-refractivity contribution in [2.24, 2.45) is 0 Å². The van der Waals surface area contributed by atoms with E-state index in [-0.39, 0.29) is 6.16 Å². The van der Waals surface area contributed by atoms with Crippen molar-refractivity contribution in [1.82, 2.24) is 0 Å². The normalized spacial score (nSPS) is 12.0. The number of hydrogen-bond acceptors (Lipinski definition) is 2. The Morgan fingerprint density at radius 2 is 1.14 bits per heavy atom. The van der Waals surface area contributed by atoms with E-state index >= 15 is 0 Å². The molecule has 0 radical (unpaired) electrons. The number of hydrogen-bond donors (Lipinski definition) is 2. The molecule has 0 aliphatic rings. The van der Waals surface area contributed by atoms with Gasteiger partial charge in [0.25, 0.3) is 0 Å². The summed E-state index contributed by atoms with van der Waals surface area (Å²) in [6.07, 6.45) is 13.9. The van der Waals surface area contributed by atoms with E-state index in [2.05, 4.69) is 6.92 Å². The van der Waals surface area contributed by atoms with Crippen LogP contribution in [-0.2, 0) is 9.30 Å². The summed E-state index contributed by atoms with van der Waals surface area (Å²) in [7, 11) is -3.77. The van der Waals surface area contributed by atoms with Crippen LogP contribution in [0.4, 0.5) is 0 Å². The van der Waals surface area contributed by atoms with E-state index in [4.69, 9.17) is 14.5 Å². The van der Waals surface area contributed by atoms with E-state index in [9.17, 15) is 4.57 Å². The Labute approximate surface area is 130 Å². The molecule has 4 nitrogen and oxygen atoms in total. The summed E-state index contributed by atoms with van der Waals surface area (Å²) in [5.41, 5.74) is 0. The van der Waals surface area contributed by atoms with Gasteiger partial charge in [-0.1, -0.05) is 64.7 Å². The van der Waals surface area contributed by atoms with E-state index < -0.39 is 7.60 Å². The summed E-state index contributed by atoms with van der Waals surface area (Å²) in [6, 6.07) is 0. The van der Waals surface area contributed by atoms with Gasteiger partial charge in [-0.15, -0.1) is 0 Å². The van der Waals surface area contributed by atoms with Crippen LogP contribution in [0.15, 0.2) is 0 Å². The van der Waals surface area contributed by atoms with Crippen LogP contribution in [0.1, 0.15) is 84.0 Å². The van der Waals surface area contributed by atoms with Crippen molar-refractivity contribution in [2.75, 3.05) is 19.4 Å². The van der Waals surface area contributed by atoms with Gasteiger partial charge in [-0.2, -0.15) is 0 Å². The highest BCUT2D eigenvalue weighted by molar-refractivity contribution is 7.51. The van der Waals surface area contributed by atoms with Crippen LogP contribution >= 0.6 is 7.60 Å². The minimum Gasteiger partial charge on any atom is -0.381 e. The zero-order valence-corrected chi connectivity index (χ0v) is 14.7. The lowest BCUT2D eigenvalue weighted by Crippen LogP contribution is -1.97.